The molecule has 0 fully saturated rings. The molecule has 0 aliphatic carbocycles. The second-order valence-electron chi connectivity index (χ2n) is 4.41. The van der Waals surface area contributed by atoms with E-state index in [4.69, 9.17) is 11.6 Å². The van der Waals surface area contributed by atoms with Crippen LogP contribution in [0.1, 0.15) is 24.2 Å². The quantitative estimate of drug-likeness (QED) is 0.711. The van der Waals surface area contributed by atoms with Crippen LogP contribution < -0.4 is 0 Å². The fraction of sp³-hybridized carbons (Fsp3) is 0.417. The van der Waals surface area contributed by atoms with Gasteiger partial charge in [-0.1, -0.05) is 33.6 Å². The highest BCUT2D eigenvalue weighted by atomic mass is 79.9. The van der Waals surface area contributed by atoms with Gasteiger partial charge in [0.1, 0.15) is 0 Å². The largest absolute Gasteiger partial charge is 0.336 e. The number of amides is 1. The third-order valence-corrected chi connectivity index (χ3v) is 5.39. The number of hydrogen-bond acceptors (Lipinski definition) is 1. The van der Waals surface area contributed by atoms with Crippen LogP contribution in [0.5, 0.6) is 0 Å². The van der Waals surface area contributed by atoms with Crippen LogP contribution in [-0.2, 0) is 0 Å². The van der Waals surface area contributed by atoms with E-state index < -0.39 is 0 Å². The standard InChI is InChI=1S/C12H14Br2ClNO/c1-12(2,7-13)16(3)11(17)8-5-4-6-9(14)10(8)15/h4-6H,7H2,1-3H3. The van der Waals surface area contributed by atoms with E-state index in [1.54, 1.807) is 24.1 Å². The predicted molar refractivity (Wildman–Crippen MR) is 79.1 cm³/mol. The average molecular weight is 384 g/mol. The summed E-state index contributed by atoms with van der Waals surface area (Å²) < 4.78 is 0.732. The van der Waals surface area contributed by atoms with Gasteiger partial charge in [-0.3, -0.25) is 4.79 Å². The van der Waals surface area contributed by atoms with E-state index in [0.29, 0.717) is 15.9 Å². The second-order valence-corrected chi connectivity index (χ2v) is 6.20. The minimum Gasteiger partial charge on any atom is -0.336 e. The summed E-state index contributed by atoms with van der Waals surface area (Å²) in [6.07, 6.45) is 0. The SMILES string of the molecule is CN(C(=O)c1cccc(Br)c1Cl)C(C)(C)CBr. The highest BCUT2D eigenvalue weighted by Gasteiger charge is 2.28. The van der Waals surface area contributed by atoms with E-state index in [9.17, 15) is 4.79 Å². The van der Waals surface area contributed by atoms with Gasteiger partial charge in [-0.15, -0.1) is 0 Å². The zero-order chi connectivity index (χ0) is 13.2. The third-order valence-electron chi connectivity index (χ3n) is 2.72. The van der Waals surface area contributed by atoms with Crippen molar-refractivity contribution in [3.05, 3.63) is 33.3 Å². The summed E-state index contributed by atoms with van der Waals surface area (Å²) in [6.45, 7) is 3.98. The predicted octanol–water partition coefficient (Wildman–Crippen LogP) is 4.35. The van der Waals surface area contributed by atoms with Crippen LogP contribution in [0.15, 0.2) is 22.7 Å². The summed E-state index contributed by atoms with van der Waals surface area (Å²) >= 11 is 12.8. The molecule has 0 spiro atoms. The Morgan fingerprint density at radius 1 is 1.47 bits per heavy atom. The summed E-state index contributed by atoms with van der Waals surface area (Å²) in [4.78, 5) is 14.0. The Morgan fingerprint density at radius 2 is 2.06 bits per heavy atom. The molecule has 0 atom stereocenters. The maximum absolute atomic E-state index is 12.3. The highest BCUT2D eigenvalue weighted by Crippen LogP contribution is 2.28. The molecule has 94 valence electrons. The Morgan fingerprint density at radius 3 is 2.59 bits per heavy atom. The molecule has 0 aromatic heterocycles. The van der Waals surface area contributed by atoms with Crippen LogP contribution in [0.4, 0.5) is 0 Å². The molecule has 0 aliphatic heterocycles. The smallest absolute Gasteiger partial charge is 0.255 e. The fourth-order valence-corrected chi connectivity index (χ4v) is 2.16. The number of benzene rings is 1. The van der Waals surface area contributed by atoms with E-state index in [2.05, 4.69) is 31.9 Å². The van der Waals surface area contributed by atoms with E-state index in [-0.39, 0.29) is 11.4 Å². The summed E-state index contributed by atoms with van der Waals surface area (Å²) in [7, 11) is 1.78. The van der Waals surface area contributed by atoms with Gasteiger partial charge in [0.25, 0.3) is 5.91 Å². The van der Waals surface area contributed by atoms with Crippen LogP contribution in [-0.4, -0.2) is 28.7 Å². The minimum atomic E-state index is -0.261. The van der Waals surface area contributed by atoms with Crippen LogP contribution in [0.25, 0.3) is 0 Å². The van der Waals surface area contributed by atoms with Gasteiger partial charge >= 0.3 is 0 Å². The lowest BCUT2D eigenvalue weighted by Gasteiger charge is -2.34. The van der Waals surface area contributed by atoms with Crippen molar-refractivity contribution in [2.24, 2.45) is 0 Å². The summed E-state index contributed by atoms with van der Waals surface area (Å²) in [5, 5.41) is 1.16. The molecule has 1 rings (SSSR count). The number of rotatable bonds is 3. The molecule has 0 N–H and O–H groups in total. The van der Waals surface area contributed by atoms with Gasteiger partial charge < -0.3 is 4.90 Å². The van der Waals surface area contributed by atoms with Gasteiger partial charge in [0.05, 0.1) is 10.6 Å². The average Bonchev–Trinajstić information content (AvgIpc) is 2.30. The van der Waals surface area contributed by atoms with Crippen molar-refractivity contribution < 1.29 is 4.79 Å². The first kappa shape index (κ1) is 15.0. The zero-order valence-corrected chi connectivity index (χ0v) is 13.9. The van der Waals surface area contributed by atoms with Gasteiger partial charge in [-0.25, -0.2) is 0 Å². The molecule has 0 aliphatic rings. The topological polar surface area (TPSA) is 20.3 Å². The minimum absolute atomic E-state index is 0.0826. The number of nitrogens with zero attached hydrogens (tertiary/aromatic N) is 1. The van der Waals surface area contributed by atoms with Crippen molar-refractivity contribution in [1.29, 1.82) is 0 Å². The van der Waals surface area contributed by atoms with Crippen molar-refractivity contribution >= 4 is 49.4 Å². The normalized spacial score (nSPS) is 11.4. The molecule has 5 heteroatoms. The molecule has 2 nitrogen and oxygen atoms in total. The van der Waals surface area contributed by atoms with Crippen LogP contribution in [0.3, 0.4) is 0 Å². The van der Waals surface area contributed by atoms with Gasteiger partial charge in [-0.2, -0.15) is 0 Å². The Kier molecular flexibility index (Phi) is 5.05. The first-order valence-corrected chi connectivity index (χ1v) is 7.38. The van der Waals surface area contributed by atoms with Gasteiger partial charge in [-0.05, 0) is 41.9 Å². The first-order chi connectivity index (χ1) is 7.81. The molecule has 0 radical (unpaired) electrons. The van der Waals surface area contributed by atoms with Gasteiger partial charge in [0.2, 0.25) is 0 Å². The molecule has 1 aromatic carbocycles. The van der Waals surface area contributed by atoms with Crippen molar-refractivity contribution in [2.45, 2.75) is 19.4 Å². The molecule has 0 heterocycles. The van der Waals surface area contributed by atoms with Crippen molar-refractivity contribution in [3.8, 4) is 0 Å². The van der Waals surface area contributed by atoms with Crippen LogP contribution in [0.2, 0.25) is 5.02 Å². The van der Waals surface area contributed by atoms with E-state index in [1.165, 1.54) is 0 Å². The molecule has 0 bridgehead atoms. The van der Waals surface area contributed by atoms with E-state index >= 15 is 0 Å². The molecule has 1 aromatic rings. The molecule has 0 unspecified atom stereocenters. The maximum atomic E-state index is 12.3. The van der Waals surface area contributed by atoms with E-state index in [0.717, 1.165) is 4.47 Å². The second kappa shape index (κ2) is 5.72. The summed E-state index contributed by atoms with van der Waals surface area (Å²) in [5.41, 5.74) is 0.250. The van der Waals surface area contributed by atoms with Crippen molar-refractivity contribution in [1.82, 2.24) is 4.90 Å². The molecular weight excluding hydrogens is 369 g/mol. The Labute approximate surface area is 124 Å². The monoisotopic (exact) mass is 381 g/mol. The Balaban J connectivity index is 3.09. The van der Waals surface area contributed by atoms with Crippen LogP contribution >= 0.6 is 43.5 Å². The van der Waals surface area contributed by atoms with Crippen molar-refractivity contribution in [2.75, 3.05) is 12.4 Å². The highest BCUT2D eigenvalue weighted by molar-refractivity contribution is 9.10. The van der Waals surface area contributed by atoms with Gasteiger partial charge in [0, 0.05) is 22.4 Å². The van der Waals surface area contributed by atoms with Crippen molar-refractivity contribution in [3.63, 3.8) is 0 Å². The molecule has 0 saturated heterocycles. The number of halogens is 3. The zero-order valence-electron chi connectivity index (χ0n) is 9.93. The number of hydrogen-bond donors (Lipinski definition) is 0. The first-order valence-electron chi connectivity index (χ1n) is 5.09. The fourth-order valence-electron chi connectivity index (χ4n) is 1.21. The molecular formula is C12H14Br2ClNO. The summed E-state index contributed by atoms with van der Waals surface area (Å²) in [5.74, 6) is -0.0826. The molecule has 0 saturated carbocycles. The van der Waals surface area contributed by atoms with E-state index in [1.807, 2.05) is 19.9 Å². The number of carbonyl (C=O) groups excluding carboxylic acids is 1. The number of alkyl halides is 1. The molecule has 17 heavy (non-hydrogen) atoms. The lowest BCUT2D eigenvalue weighted by Crippen LogP contribution is -2.46. The number of carbonyl (C=O) groups is 1. The lowest BCUT2D eigenvalue weighted by atomic mass is 10.1. The summed E-state index contributed by atoms with van der Waals surface area (Å²) in [6, 6.07) is 5.35. The third kappa shape index (κ3) is 3.24. The van der Waals surface area contributed by atoms with Gasteiger partial charge in [0.15, 0.2) is 0 Å². The van der Waals surface area contributed by atoms with Crippen LogP contribution in [0, 0.1) is 0 Å². The Hall–Kier alpha value is -0.0600. The lowest BCUT2D eigenvalue weighted by molar-refractivity contribution is 0.0664. The molecule has 1 amide bonds. The Bertz CT molecular complexity index is 435. The maximum Gasteiger partial charge on any atom is 0.255 e.